The summed E-state index contributed by atoms with van der Waals surface area (Å²) in [6, 6.07) is 14.3. The zero-order chi connectivity index (χ0) is 21.3. The maximum absolute atomic E-state index is 12.9. The zero-order valence-corrected chi connectivity index (χ0v) is 16.1. The SMILES string of the molecule is Cc1cc(=O)c(C(=O)N[C@@H]2CCOc3ccccc32)nn1-c1ccccc1[N+](=O)[O-]. The summed E-state index contributed by atoms with van der Waals surface area (Å²) in [5.41, 5.74) is 0.306. The van der Waals surface area contributed by atoms with Crippen LogP contribution in [0.1, 0.15) is 34.2 Å². The van der Waals surface area contributed by atoms with Gasteiger partial charge in [-0.05, 0) is 19.1 Å². The summed E-state index contributed by atoms with van der Waals surface area (Å²) in [5, 5.41) is 18.4. The number of para-hydroxylation sites is 3. The summed E-state index contributed by atoms with van der Waals surface area (Å²) < 4.78 is 6.84. The van der Waals surface area contributed by atoms with E-state index in [4.69, 9.17) is 4.74 Å². The Morgan fingerprint density at radius 1 is 1.23 bits per heavy atom. The lowest BCUT2D eigenvalue weighted by molar-refractivity contribution is -0.384. The number of nitro benzene ring substituents is 1. The molecule has 0 saturated heterocycles. The summed E-state index contributed by atoms with van der Waals surface area (Å²) in [5.74, 6) is 0.0391. The van der Waals surface area contributed by atoms with Crippen LogP contribution in [0.25, 0.3) is 5.69 Å². The number of fused-ring (bicyclic) bond motifs is 1. The Labute approximate surface area is 171 Å². The first-order valence-electron chi connectivity index (χ1n) is 9.33. The van der Waals surface area contributed by atoms with Crippen LogP contribution in [-0.4, -0.2) is 27.2 Å². The molecule has 0 fully saturated rings. The average molecular weight is 406 g/mol. The monoisotopic (exact) mass is 406 g/mol. The molecular formula is C21H18N4O5. The standard InChI is InChI=1S/C21H18N4O5/c1-13-12-18(26)20(23-24(13)16-7-3-4-8-17(16)25(28)29)21(27)22-15-10-11-30-19-9-5-2-6-14(15)19/h2-9,12,15H,10-11H2,1H3,(H,22,27)/t15-/m1/s1. The van der Waals surface area contributed by atoms with E-state index in [0.29, 0.717) is 24.5 Å². The largest absolute Gasteiger partial charge is 0.493 e. The molecule has 1 N–H and O–H groups in total. The highest BCUT2D eigenvalue weighted by Crippen LogP contribution is 2.31. The quantitative estimate of drug-likeness (QED) is 0.526. The first-order valence-corrected chi connectivity index (χ1v) is 9.33. The van der Waals surface area contributed by atoms with Gasteiger partial charge in [0.2, 0.25) is 5.43 Å². The summed E-state index contributed by atoms with van der Waals surface area (Å²) in [4.78, 5) is 36.2. The van der Waals surface area contributed by atoms with E-state index >= 15 is 0 Å². The van der Waals surface area contributed by atoms with Crippen molar-refractivity contribution >= 4 is 11.6 Å². The van der Waals surface area contributed by atoms with E-state index in [2.05, 4.69) is 10.4 Å². The minimum Gasteiger partial charge on any atom is -0.493 e. The molecule has 9 nitrogen and oxygen atoms in total. The summed E-state index contributed by atoms with van der Waals surface area (Å²) >= 11 is 0. The van der Waals surface area contributed by atoms with Crippen LogP contribution in [0.4, 0.5) is 5.69 Å². The van der Waals surface area contributed by atoms with Gasteiger partial charge >= 0.3 is 0 Å². The van der Waals surface area contributed by atoms with Gasteiger partial charge in [-0.25, -0.2) is 4.68 Å². The van der Waals surface area contributed by atoms with Crippen molar-refractivity contribution in [3.05, 3.63) is 91.9 Å². The maximum Gasteiger partial charge on any atom is 0.294 e. The third kappa shape index (κ3) is 3.52. The molecule has 0 unspecified atom stereocenters. The second kappa shape index (κ2) is 7.78. The smallest absolute Gasteiger partial charge is 0.294 e. The van der Waals surface area contributed by atoms with Crippen LogP contribution in [0.2, 0.25) is 0 Å². The van der Waals surface area contributed by atoms with Crippen LogP contribution in [0, 0.1) is 17.0 Å². The number of hydrogen-bond acceptors (Lipinski definition) is 6. The van der Waals surface area contributed by atoms with Gasteiger partial charge in [0.25, 0.3) is 11.6 Å². The van der Waals surface area contributed by atoms with E-state index in [1.807, 2.05) is 24.3 Å². The van der Waals surface area contributed by atoms with Gasteiger partial charge < -0.3 is 10.1 Å². The molecule has 0 bridgehead atoms. The lowest BCUT2D eigenvalue weighted by Crippen LogP contribution is -2.36. The third-order valence-electron chi connectivity index (χ3n) is 4.89. The molecule has 4 rings (SSSR count). The number of aryl methyl sites for hydroxylation is 1. The molecule has 0 radical (unpaired) electrons. The van der Waals surface area contributed by atoms with Gasteiger partial charge in [-0.2, -0.15) is 5.10 Å². The number of nitro groups is 1. The number of aromatic nitrogens is 2. The summed E-state index contributed by atoms with van der Waals surface area (Å²) in [6.07, 6.45) is 0.549. The molecule has 3 aromatic rings. The lowest BCUT2D eigenvalue weighted by atomic mass is 10.0. The third-order valence-corrected chi connectivity index (χ3v) is 4.89. The molecule has 9 heteroatoms. The number of amides is 1. The Hall–Kier alpha value is -4.01. The zero-order valence-electron chi connectivity index (χ0n) is 16.1. The van der Waals surface area contributed by atoms with Crippen LogP contribution >= 0.6 is 0 Å². The lowest BCUT2D eigenvalue weighted by Gasteiger charge is -2.26. The molecule has 2 heterocycles. The van der Waals surface area contributed by atoms with Gasteiger partial charge in [0.05, 0.1) is 17.6 Å². The van der Waals surface area contributed by atoms with E-state index in [1.54, 1.807) is 13.0 Å². The molecule has 0 aliphatic carbocycles. The highest BCUT2D eigenvalue weighted by Gasteiger charge is 2.26. The van der Waals surface area contributed by atoms with Crippen LogP contribution in [-0.2, 0) is 0 Å². The first-order chi connectivity index (χ1) is 14.5. The van der Waals surface area contributed by atoms with Crippen molar-refractivity contribution in [2.24, 2.45) is 0 Å². The van der Waals surface area contributed by atoms with E-state index in [0.717, 1.165) is 5.56 Å². The van der Waals surface area contributed by atoms with Crippen LogP contribution < -0.4 is 15.5 Å². The first kappa shape index (κ1) is 19.3. The molecule has 0 spiro atoms. The van der Waals surface area contributed by atoms with Gasteiger partial charge in [-0.15, -0.1) is 0 Å². The Balaban J connectivity index is 1.71. The number of ether oxygens (including phenoxy) is 1. The fourth-order valence-corrected chi connectivity index (χ4v) is 3.46. The predicted molar refractivity (Wildman–Crippen MR) is 108 cm³/mol. The van der Waals surface area contributed by atoms with Gasteiger partial charge in [-0.3, -0.25) is 19.7 Å². The van der Waals surface area contributed by atoms with E-state index < -0.39 is 16.3 Å². The number of rotatable bonds is 4. The summed E-state index contributed by atoms with van der Waals surface area (Å²) in [7, 11) is 0. The molecule has 0 saturated carbocycles. The fraction of sp³-hybridized carbons (Fsp3) is 0.190. The Bertz CT molecular complexity index is 1200. The van der Waals surface area contributed by atoms with Gasteiger partial charge in [0.15, 0.2) is 5.69 Å². The molecule has 1 aromatic heterocycles. The maximum atomic E-state index is 12.9. The highest BCUT2D eigenvalue weighted by molar-refractivity contribution is 5.92. The number of hydrogen-bond donors (Lipinski definition) is 1. The normalized spacial score (nSPS) is 15.0. The number of nitrogens with zero attached hydrogens (tertiary/aromatic N) is 3. The topological polar surface area (TPSA) is 116 Å². The molecule has 1 atom stereocenters. The van der Waals surface area contributed by atoms with E-state index in [1.165, 1.54) is 28.9 Å². The van der Waals surface area contributed by atoms with Crippen molar-refractivity contribution in [3.63, 3.8) is 0 Å². The van der Waals surface area contributed by atoms with Crippen molar-refractivity contribution in [2.75, 3.05) is 6.61 Å². The number of carbonyl (C=O) groups excluding carboxylic acids is 1. The molecular weight excluding hydrogens is 388 g/mol. The molecule has 1 amide bonds. The van der Waals surface area contributed by atoms with Crippen LogP contribution in [0.5, 0.6) is 5.75 Å². The second-order valence-corrected chi connectivity index (χ2v) is 6.86. The summed E-state index contributed by atoms with van der Waals surface area (Å²) in [6.45, 7) is 2.03. The number of nitrogens with one attached hydrogen (secondary N) is 1. The highest BCUT2D eigenvalue weighted by atomic mass is 16.6. The van der Waals surface area contributed by atoms with E-state index in [-0.39, 0.29) is 23.1 Å². The molecule has 1 aliphatic rings. The molecule has 30 heavy (non-hydrogen) atoms. The average Bonchev–Trinajstić information content (AvgIpc) is 2.74. The van der Waals surface area contributed by atoms with Gasteiger partial charge in [0, 0.05) is 29.8 Å². The van der Waals surface area contributed by atoms with Crippen LogP contribution in [0.3, 0.4) is 0 Å². The van der Waals surface area contributed by atoms with Gasteiger partial charge in [-0.1, -0.05) is 30.3 Å². The molecule has 2 aromatic carbocycles. The Morgan fingerprint density at radius 3 is 2.77 bits per heavy atom. The van der Waals surface area contributed by atoms with E-state index in [9.17, 15) is 19.7 Å². The minimum atomic E-state index is -0.644. The number of benzene rings is 2. The van der Waals surface area contributed by atoms with Crippen LogP contribution in [0.15, 0.2) is 59.4 Å². The fourth-order valence-electron chi connectivity index (χ4n) is 3.46. The molecule has 152 valence electrons. The van der Waals surface area contributed by atoms with Gasteiger partial charge in [0.1, 0.15) is 11.4 Å². The molecule has 1 aliphatic heterocycles. The Morgan fingerprint density at radius 2 is 1.97 bits per heavy atom. The number of carbonyl (C=O) groups is 1. The van der Waals surface area contributed by atoms with Crippen molar-refractivity contribution in [1.29, 1.82) is 0 Å². The van der Waals surface area contributed by atoms with Crippen molar-refractivity contribution in [1.82, 2.24) is 15.1 Å². The minimum absolute atomic E-state index is 0.172. The second-order valence-electron chi connectivity index (χ2n) is 6.86. The Kier molecular flexibility index (Phi) is 5.01. The van der Waals surface area contributed by atoms with Crippen molar-refractivity contribution in [2.45, 2.75) is 19.4 Å². The van der Waals surface area contributed by atoms with Crippen molar-refractivity contribution in [3.8, 4) is 11.4 Å². The predicted octanol–water partition coefficient (Wildman–Crippen LogP) is 2.70. The van der Waals surface area contributed by atoms with Crippen molar-refractivity contribution < 1.29 is 14.5 Å².